The minimum Gasteiger partial charge on any atom is -0.341 e. The van der Waals surface area contributed by atoms with Crippen molar-refractivity contribution >= 4 is 23.4 Å². The summed E-state index contributed by atoms with van der Waals surface area (Å²) < 4.78 is 3.37. The lowest BCUT2D eigenvalue weighted by Gasteiger charge is -2.27. The van der Waals surface area contributed by atoms with Crippen molar-refractivity contribution in [1.29, 1.82) is 0 Å². The van der Waals surface area contributed by atoms with E-state index in [1.165, 1.54) is 82.6 Å². The SMILES string of the molecule is CCCCCCCC/C=C\CCCCCCCC(=O)SNC(c1ccccc1)N1C=NCC1. The maximum Gasteiger partial charge on any atom is 0.203 e. The Bertz CT molecular complexity index is 677. The van der Waals surface area contributed by atoms with Crippen LogP contribution in [0.1, 0.15) is 109 Å². The van der Waals surface area contributed by atoms with Gasteiger partial charge in [0.2, 0.25) is 5.12 Å². The maximum absolute atomic E-state index is 12.4. The number of carbonyl (C=O) groups excluding carboxylic acids is 1. The van der Waals surface area contributed by atoms with Crippen LogP contribution in [0.25, 0.3) is 0 Å². The number of aliphatic imine (C=N–C) groups is 1. The van der Waals surface area contributed by atoms with Gasteiger partial charge in [-0.05, 0) is 49.6 Å². The molecule has 1 N–H and O–H groups in total. The normalized spacial score (nSPS) is 14.4. The minimum atomic E-state index is -0.0134. The van der Waals surface area contributed by atoms with Crippen LogP contribution in [0.2, 0.25) is 0 Å². The molecule has 0 fully saturated rings. The third kappa shape index (κ3) is 13.0. The van der Waals surface area contributed by atoms with Gasteiger partial charge in [0.05, 0.1) is 12.9 Å². The van der Waals surface area contributed by atoms with E-state index >= 15 is 0 Å². The molecular weight excluding hydrogens is 426 g/mol. The van der Waals surface area contributed by atoms with E-state index in [4.69, 9.17) is 0 Å². The molecule has 0 radical (unpaired) electrons. The van der Waals surface area contributed by atoms with Crippen molar-refractivity contribution < 1.29 is 4.79 Å². The van der Waals surface area contributed by atoms with Gasteiger partial charge in [0.25, 0.3) is 0 Å². The first-order valence-electron chi connectivity index (χ1n) is 13.2. The van der Waals surface area contributed by atoms with E-state index in [-0.39, 0.29) is 11.3 Å². The molecule has 0 bridgehead atoms. The Hall–Kier alpha value is -1.59. The smallest absolute Gasteiger partial charge is 0.203 e. The summed E-state index contributed by atoms with van der Waals surface area (Å²) in [6.07, 6.45) is 23.9. The lowest BCUT2D eigenvalue weighted by Crippen LogP contribution is -2.34. The highest BCUT2D eigenvalue weighted by Gasteiger charge is 2.21. The summed E-state index contributed by atoms with van der Waals surface area (Å²) in [6, 6.07) is 10.3. The van der Waals surface area contributed by atoms with Gasteiger partial charge < -0.3 is 4.90 Å². The van der Waals surface area contributed by atoms with E-state index in [0.717, 1.165) is 31.5 Å². The third-order valence-corrected chi connectivity index (χ3v) is 6.86. The molecule has 4 nitrogen and oxygen atoms in total. The predicted molar refractivity (Wildman–Crippen MR) is 144 cm³/mol. The molecule has 1 atom stereocenters. The molecule has 1 heterocycles. The Morgan fingerprint density at radius 3 is 2.24 bits per heavy atom. The Labute approximate surface area is 206 Å². The lowest BCUT2D eigenvalue weighted by atomic mass is 10.1. The van der Waals surface area contributed by atoms with Crippen molar-refractivity contribution in [2.75, 3.05) is 13.1 Å². The third-order valence-electron chi connectivity index (χ3n) is 6.09. The molecule has 1 aliphatic heterocycles. The van der Waals surface area contributed by atoms with Gasteiger partial charge >= 0.3 is 0 Å². The van der Waals surface area contributed by atoms with Crippen LogP contribution in [-0.2, 0) is 4.79 Å². The second-order valence-electron chi connectivity index (χ2n) is 9.00. The fourth-order valence-corrected chi connectivity index (χ4v) is 4.83. The van der Waals surface area contributed by atoms with Gasteiger partial charge in [0.1, 0.15) is 6.17 Å². The molecular formula is C28H45N3OS. The summed E-state index contributed by atoms with van der Waals surface area (Å²) in [5.41, 5.74) is 1.16. The van der Waals surface area contributed by atoms with Crippen molar-refractivity contribution in [3.8, 4) is 0 Å². The van der Waals surface area contributed by atoms with E-state index in [9.17, 15) is 4.79 Å². The van der Waals surface area contributed by atoms with Crippen molar-refractivity contribution in [3.05, 3.63) is 48.0 Å². The highest BCUT2D eigenvalue weighted by molar-refractivity contribution is 8.11. The molecule has 0 aromatic heterocycles. The summed E-state index contributed by atoms with van der Waals surface area (Å²) in [4.78, 5) is 18.9. The zero-order chi connectivity index (χ0) is 23.4. The van der Waals surface area contributed by atoms with E-state index in [2.05, 4.69) is 45.8 Å². The first kappa shape index (κ1) is 27.7. The highest BCUT2D eigenvalue weighted by atomic mass is 32.2. The van der Waals surface area contributed by atoms with Gasteiger partial charge in [0, 0.05) is 13.0 Å². The number of nitrogens with one attached hydrogen (secondary N) is 1. The maximum atomic E-state index is 12.4. The number of hydrogen-bond acceptors (Lipinski definition) is 5. The molecule has 0 amide bonds. The number of rotatable bonds is 19. The molecule has 1 aromatic rings. The molecule has 0 spiro atoms. The highest BCUT2D eigenvalue weighted by Crippen LogP contribution is 2.22. The molecule has 1 unspecified atom stereocenters. The monoisotopic (exact) mass is 471 g/mol. The van der Waals surface area contributed by atoms with Crippen molar-refractivity contribution in [1.82, 2.24) is 9.62 Å². The number of benzene rings is 1. The van der Waals surface area contributed by atoms with E-state index in [1.807, 2.05) is 24.5 Å². The van der Waals surface area contributed by atoms with Gasteiger partial charge in [-0.1, -0.05) is 101 Å². The van der Waals surface area contributed by atoms with Crippen LogP contribution in [-0.4, -0.2) is 29.4 Å². The van der Waals surface area contributed by atoms with Crippen molar-refractivity contribution in [3.63, 3.8) is 0 Å². The zero-order valence-corrected chi connectivity index (χ0v) is 21.5. The van der Waals surface area contributed by atoms with E-state index in [0.29, 0.717) is 6.42 Å². The average Bonchev–Trinajstić information content (AvgIpc) is 3.37. The number of unbranched alkanes of at least 4 members (excludes halogenated alkanes) is 11. The summed E-state index contributed by atoms with van der Waals surface area (Å²) in [7, 11) is 0. The van der Waals surface area contributed by atoms with E-state index < -0.39 is 0 Å². The van der Waals surface area contributed by atoms with Gasteiger partial charge in [0.15, 0.2) is 0 Å². The summed E-state index contributed by atoms with van der Waals surface area (Å²) in [5.74, 6) is 0. The molecule has 0 aliphatic carbocycles. The van der Waals surface area contributed by atoms with Crippen LogP contribution in [0.4, 0.5) is 0 Å². The largest absolute Gasteiger partial charge is 0.341 e. The zero-order valence-electron chi connectivity index (χ0n) is 20.7. The van der Waals surface area contributed by atoms with Gasteiger partial charge in [-0.25, -0.2) is 4.72 Å². The average molecular weight is 472 g/mol. The number of carbonyl (C=O) groups is 1. The molecule has 33 heavy (non-hydrogen) atoms. The quantitative estimate of drug-likeness (QED) is 0.127. The molecule has 184 valence electrons. The fourth-order valence-electron chi connectivity index (χ4n) is 4.06. The summed E-state index contributed by atoms with van der Waals surface area (Å²) >= 11 is 1.25. The van der Waals surface area contributed by atoms with Crippen LogP contribution in [0.5, 0.6) is 0 Å². The van der Waals surface area contributed by atoms with Crippen LogP contribution in [0, 0.1) is 0 Å². The molecule has 1 aromatic carbocycles. The number of hydrogen-bond donors (Lipinski definition) is 1. The number of nitrogens with zero attached hydrogens (tertiary/aromatic N) is 2. The fraction of sp³-hybridized carbons (Fsp3) is 0.643. The van der Waals surface area contributed by atoms with Crippen LogP contribution in [0.15, 0.2) is 47.5 Å². The van der Waals surface area contributed by atoms with Crippen LogP contribution < -0.4 is 4.72 Å². The van der Waals surface area contributed by atoms with Gasteiger partial charge in [-0.2, -0.15) is 0 Å². The van der Waals surface area contributed by atoms with Crippen LogP contribution >= 0.6 is 11.9 Å². The second kappa shape index (κ2) is 18.8. The second-order valence-corrected chi connectivity index (χ2v) is 9.89. The Kier molecular flexibility index (Phi) is 15.7. The molecule has 0 saturated carbocycles. The first-order chi connectivity index (χ1) is 16.3. The molecule has 2 rings (SSSR count). The predicted octanol–water partition coefficient (Wildman–Crippen LogP) is 7.83. The topological polar surface area (TPSA) is 44.7 Å². The Morgan fingerprint density at radius 2 is 1.61 bits per heavy atom. The summed E-state index contributed by atoms with van der Waals surface area (Å²) in [5, 5.41) is 0.227. The van der Waals surface area contributed by atoms with Gasteiger partial charge in [-0.15, -0.1) is 0 Å². The minimum absolute atomic E-state index is 0.0134. The number of allylic oxidation sites excluding steroid dienone is 2. The molecule has 1 aliphatic rings. The summed E-state index contributed by atoms with van der Waals surface area (Å²) in [6.45, 7) is 3.97. The molecule has 5 heteroatoms. The van der Waals surface area contributed by atoms with E-state index in [1.54, 1.807) is 0 Å². The standard InChI is InChI=1S/C28H45N3OS/c1-2-3-4-5-6-7-8-9-10-11-12-13-14-15-19-22-27(32)33-30-28(31-24-23-29-25-31)26-20-17-16-18-21-26/h9-10,16-18,20-21,25,28,30H,2-8,11-15,19,22-24H2,1H3/b10-9-. The first-order valence-corrected chi connectivity index (χ1v) is 14.0. The Morgan fingerprint density at radius 1 is 0.970 bits per heavy atom. The van der Waals surface area contributed by atoms with Crippen molar-refractivity contribution in [2.24, 2.45) is 4.99 Å². The van der Waals surface area contributed by atoms with Crippen molar-refractivity contribution in [2.45, 2.75) is 103 Å². The molecule has 0 saturated heterocycles. The Balaban J connectivity index is 1.46. The van der Waals surface area contributed by atoms with Crippen LogP contribution in [0.3, 0.4) is 0 Å². The lowest BCUT2D eigenvalue weighted by molar-refractivity contribution is -0.111. The van der Waals surface area contributed by atoms with Gasteiger partial charge in [-0.3, -0.25) is 9.79 Å².